The number of pyridine rings is 1. The Morgan fingerprint density at radius 2 is 2.00 bits per heavy atom. The Hall–Kier alpha value is -1.14. The zero-order valence-electron chi connectivity index (χ0n) is 13.3. The SMILES string of the molecule is CCS(=O)(=O)CCCOc1ccc(CNC(C)(C)C)nc1. The molecule has 0 radical (unpaired) electrons. The van der Waals surface area contributed by atoms with E-state index in [1.807, 2.05) is 12.1 Å². The van der Waals surface area contributed by atoms with Crippen LogP contribution in [-0.4, -0.2) is 37.1 Å². The molecule has 0 amide bonds. The summed E-state index contributed by atoms with van der Waals surface area (Å²) >= 11 is 0. The molecule has 0 aromatic carbocycles. The lowest BCUT2D eigenvalue weighted by molar-refractivity contribution is 0.316. The molecule has 1 heterocycles. The van der Waals surface area contributed by atoms with Gasteiger partial charge in [0.2, 0.25) is 0 Å². The smallest absolute Gasteiger partial charge is 0.150 e. The summed E-state index contributed by atoms with van der Waals surface area (Å²) in [6.07, 6.45) is 2.18. The molecule has 1 aromatic rings. The van der Waals surface area contributed by atoms with Crippen molar-refractivity contribution in [1.82, 2.24) is 10.3 Å². The molecule has 1 aromatic heterocycles. The van der Waals surface area contributed by atoms with Crippen LogP contribution in [0.4, 0.5) is 0 Å². The zero-order valence-corrected chi connectivity index (χ0v) is 14.2. The maximum absolute atomic E-state index is 11.3. The zero-order chi connectivity index (χ0) is 15.9. The van der Waals surface area contributed by atoms with E-state index in [1.165, 1.54) is 0 Å². The standard InChI is InChI=1S/C15H26N2O3S/c1-5-21(18,19)10-6-9-20-14-8-7-13(16-12-14)11-17-15(2,3)4/h7-8,12,17H,5-6,9-11H2,1-4H3. The van der Waals surface area contributed by atoms with Crippen LogP contribution in [0.25, 0.3) is 0 Å². The van der Waals surface area contributed by atoms with Crippen LogP contribution in [0, 0.1) is 0 Å². The maximum atomic E-state index is 11.3. The molecular formula is C15H26N2O3S. The van der Waals surface area contributed by atoms with Gasteiger partial charge < -0.3 is 10.1 Å². The number of ether oxygens (including phenoxy) is 1. The van der Waals surface area contributed by atoms with Gasteiger partial charge in [-0.25, -0.2) is 8.42 Å². The van der Waals surface area contributed by atoms with Crippen molar-refractivity contribution in [2.75, 3.05) is 18.1 Å². The van der Waals surface area contributed by atoms with E-state index in [4.69, 9.17) is 4.74 Å². The van der Waals surface area contributed by atoms with Gasteiger partial charge in [0.05, 0.1) is 24.3 Å². The van der Waals surface area contributed by atoms with E-state index in [1.54, 1.807) is 13.1 Å². The Labute approximate surface area is 128 Å². The van der Waals surface area contributed by atoms with Crippen molar-refractivity contribution in [1.29, 1.82) is 0 Å². The van der Waals surface area contributed by atoms with Gasteiger partial charge in [-0.3, -0.25) is 4.98 Å². The number of nitrogens with zero attached hydrogens (tertiary/aromatic N) is 1. The lowest BCUT2D eigenvalue weighted by Crippen LogP contribution is -2.35. The minimum absolute atomic E-state index is 0.0572. The van der Waals surface area contributed by atoms with Crippen LogP contribution in [-0.2, 0) is 16.4 Å². The van der Waals surface area contributed by atoms with Gasteiger partial charge in [-0.2, -0.15) is 0 Å². The highest BCUT2D eigenvalue weighted by atomic mass is 32.2. The average molecular weight is 314 g/mol. The lowest BCUT2D eigenvalue weighted by Gasteiger charge is -2.20. The first kappa shape index (κ1) is 17.9. The molecule has 5 nitrogen and oxygen atoms in total. The summed E-state index contributed by atoms with van der Waals surface area (Å²) in [5, 5.41) is 3.36. The Morgan fingerprint density at radius 3 is 2.52 bits per heavy atom. The van der Waals surface area contributed by atoms with E-state index < -0.39 is 9.84 Å². The molecule has 0 atom stereocenters. The molecule has 1 N–H and O–H groups in total. The van der Waals surface area contributed by atoms with Crippen LogP contribution < -0.4 is 10.1 Å². The summed E-state index contributed by atoms with van der Waals surface area (Å²) in [4.78, 5) is 4.32. The van der Waals surface area contributed by atoms with E-state index in [-0.39, 0.29) is 17.0 Å². The number of aromatic nitrogens is 1. The van der Waals surface area contributed by atoms with Gasteiger partial charge in [-0.05, 0) is 39.3 Å². The van der Waals surface area contributed by atoms with Crippen molar-refractivity contribution >= 4 is 9.84 Å². The van der Waals surface area contributed by atoms with Crippen LogP contribution >= 0.6 is 0 Å². The van der Waals surface area contributed by atoms with Crippen molar-refractivity contribution < 1.29 is 13.2 Å². The van der Waals surface area contributed by atoms with E-state index >= 15 is 0 Å². The number of hydrogen-bond donors (Lipinski definition) is 1. The second-order valence-corrected chi connectivity index (χ2v) is 8.50. The first-order valence-corrected chi connectivity index (χ1v) is 9.07. The van der Waals surface area contributed by atoms with Gasteiger partial charge in [0.25, 0.3) is 0 Å². The molecule has 0 saturated carbocycles. The molecule has 0 aliphatic rings. The highest BCUT2D eigenvalue weighted by molar-refractivity contribution is 7.91. The predicted octanol–water partition coefficient (Wildman–Crippen LogP) is 2.17. The molecule has 120 valence electrons. The first-order valence-electron chi connectivity index (χ1n) is 7.25. The second-order valence-electron chi connectivity index (χ2n) is 6.03. The van der Waals surface area contributed by atoms with Crippen molar-refractivity contribution in [3.8, 4) is 5.75 Å². The Kier molecular flexibility index (Phi) is 6.61. The molecule has 0 fully saturated rings. The topological polar surface area (TPSA) is 68.3 Å². The normalized spacial score (nSPS) is 12.4. The van der Waals surface area contributed by atoms with Gasteiger partial charge >= 0.3 is 0 Å². The van der Waals surface area contributed by atoms with Crippen LogP contribution in [0.15, 0.2) is 18.3 Å². The summed E-state index contributed by atoms with van der Waals surface area (Å²) in [7, 11) is -2.91. The molecule has 21 heavy (non-hydrogen) atoms. The Morgan fingerprint density at radius 1 is 1.29 bits per heavy atom. The average Bonchev–Trinajstić information content (AvgIpc) is 2.42. The fourth-order valence-corrected chi connectivity index (χ4v) is 2.42. The van der Waals surface area contributed by atoms with Crippen molar-refractivity contribution in [3.63, 3.8) is 0 Å². The number of rotatable bonds is 8. The van der Waals surface area contributed by atoms with Crippen molar-refractivity contribution in [2.24, 2.45) is 0 Å². The minimum atomic E-state index is -2.91. The molecule has 6 heteroatoms. The molecule has 0 aliphatic heterocycles. The fraction of sp³-hybridized carbons (Fsp3) is 0.667. The van der Waals surface area contributed by atoms with Gasteiger partial charge in [0.15, 0.2) is 0 Å². The molecular weight excluding hydrogens is 288 g/mol. The largest absolute Gasteiger partial charge is 0.492 e. The Balaban J connectivity index is 2.35. The van der Waals surface area contributed by atoms with Crippen LogP contribution in [0.1, 0.15) is 39.8 Å². The summed E-state index contributed by atoms with van der Waals surface area (Å²) in [6, 6.07) is 3.78. The molecule has 0 spiro atoms. The summed E-state index contributed by atoms with van der Waals surface area (Å²) in [5.41, 5.74) is 1.01. The minimum Gasteiger partial charge on any atom is -0.492 e. The molecule has 0 unspecified atom stereocenters. The predicted molar refractivity (Wildman–Crippen MR) is 85.3 cm³/mol. The lowest BCUT2D eigenvalue weighted by atomic mass is 10.1. The van der Waals surface area contributed by atoms with Crippen LogP contribution in [0.3, 0.4) is 0 Å². The second kappa shape index (κ2) is 7.75. The summed E-state index contributed by atoms with van der Waals surface area (Å²) < 4.78 is 28.2. The highest BCUT2D eigenvalue weighted by Gasteiger charge is 2.09. The summed E-state index contributed by atoms with van der Waals surface area (Å²) in [6.45, 7) is 9.07. The van der Waals surface area contributed by atoms with Crippen LogP contribution in [0.2, 0.25) is 0 Å². The van der Waals surface area contributed by atoms with E-state index in [2.05, 4.69) is 31.1 Å². The monoisotopic (exact) mass is 314 g/mol. The third kappa shape index (κ3) is 8.02. The fourth-order valence-electron chi connectivity index (χ4n) is 1.57. The molecule has 0 aliphatic carbocycles. The number of sulfone groups is 1. The third-order valence-electron chi connectivity index (χ3n) is 2.91. The molecule has 0 saturated heterocycles. The van der Waals surface area contributed by atoms with Gasteiger partial charge in [0, 0.05) is 17.8 Å². The first-order chi connectivity index (χ1) is 9.72. The van der Waals surface area contributed by atoms with Crippen LogP contribution in [0.5, 0.6) is 5.75 Å². The number of hydrogen-bond acceptors (Lipinski definition) is 5. The molecule has 1 rings (SSSR count). The summed E-state index contributed by atoms with van der Waals surface area (Å²) in [5.74, 6) is 1.03. The number of nitrogens with one attached hydrogen (secondary N) is 1. The maximum Gasteiger partial charge on any atom is 0.150 e. The highest BCUT2D eigenvalue weighted by Crippen LogP contribution is 2.10. The van der Waals surface area contributed by atoms with E-state index in [0.29, 0.717) is 25.3 Å². The van der Waals surface area contributed by atoms with E-state index in [0.717, 1.165) is 5.69 Å². The van der Waals surface area contributed by atoms with Gasteiger partial charge in [-0.15, -0.1) is 0 Å². The van der Waals surface area contributed by atoms with Crippen molar-refractivity contribution in [3.05, 3.63) is 24.0 Å². The van der Waals surface area contributed by atoms with Crippen molar-refractivity contribution in [2.45, 2.75) is 46.2 Å². The van der Waals surface area contributed by atoms with Gasteiger partial charge in [-0.1, -0.05) is 6.92 Å². The Bertz CT molecular complexity index is 519. The molecule has 0 bridgehead atoms. The van der Waals surface area contributed by atoms with E-state index in [9.17, 15) is 8.42 Å². The van der Waals surface area contributed by atoms with Gasteiger partial charge in [0.1, 0.15) is 15.6 Å². The quantitative estimate of drug-likeness (QED) is 0.745. The third-order valence-corrected chi connectivity index (χ3v) is 4.70.